The zero-order valence-electron chi connectivity index (χ0n) is 18.3. The summed E-state index contributed by atoms with van der Waals surface area (Å²) in [6.45, 7) is 5.05. The molecule has 0 amide bonds. The summed E-state index contributed by atoms with van der Waals surface area (Å²) in [5.74, 6) is 3.48. The minimum Gasteiger partial charge on any atom is -0.493 e. The van der Waals surface area contributed by atoms with Gasteiger partial charge in [0.25, 0.3) is 0 Å². The van der Waals surface area contributed by atoms with Gasteiger partial charge in [0.05, 0.1) is 27.4 Å². The highest BCUT2D eigenvalue weighted by Gasteiger charge is 2.06. The summed E-state index contributed by atoms with van der Waals surface area (Å²) < 4.78 is 27.3. The molecule has 3 rings (SSSR count). The van der Waals surface area contributed by atoms with Crippen LogP contribution in [0, 0.1) is 0 Å². The lowest BCUT2D eigenvalue weighted by atomic mass is 10.1. The lowest BCUT2D eigenvalue weighted by Gasteiger charge is -2.09. The molecule has 0 aliphatic carbocycles. The normalized spacial score (nSPS) is 11.2. The summed E-state index contributed by atoms with van der Waals surface area (Å²) in [4.78, 5) is 0. The van der Waals surface area contributed by atoms with Crippen molar-refractivity contribution in [3.05, 3.63) is 65.0 Å². The maximum atomic E-state index is 5.55. The summed E-state index contributed by atoms with van der Waals surface area (Å²) in [6.07, 6.45) is 7.62. The van der Waals surface area contributed by atoms with Crippen molar-refractivity contribution < 1.29 is 23.5 Å². The van der Waals surface area contributed by atoms with E-state index in [1.54, 1.807) is 14.2 Å². The number of aromatic nitrogens is 1. The minimum atomic E-state index is 0.587. The molecule has 0 fully saturated rings. The van der Waals surface area contributed by atoms with Crippen molar-refractivity contribution in [3.63, 3.8) is 0 Å². The molecule has 0 bridgehead atoms. The van der Waals surface area contributed by atoms with Crippen LogP contribution in [0.15, 0.2) is 47.0 Å². The summed E-state index contributed by atoms with van der Waals surface area (Å²) in [7, 11) is 3.25. The second kappa shape index (κ2) is 10.9. The third kappa shape index (κ3) is 5.92. The van der Waals surface area contributed by atoms with E-state index in [-0.39, 0.29) is 0 Å². The van der Waals surface area contributed by atoms with Crippen LogP contribution < -0.4 is 18.9 Å². The van der Waals surface area contributed by atoms with E-state index in [4.69, 9.17) is 23.5 Å². The van der Waals surface area contributed by atoms with Crippen molar-refractivity contribution in [1.29, 1.82) is 0 Å². The van der Waals surface area contributed by atoms with Crippen LogP contribution in [0.5, 0.6) is 23.0 Å². The summed E-state index contributed by atoms with van der Waals surface area (Å²) in [5.41, 5.74) is 2.66. The Morgan fingerprint density at radius 3 is 1.77 bits per heavy atom. The molecule has 3 aromatic rings. The largest absolute Gasteiger partial charge is 0.493 e. The van der Waals surface area contributed by atoms with Crippen molar-refractivity contribution in [1.82, 2.24) is 5.16 Å². The van der Waals surface area contributed by atoms with Gasteiger partial charge in [-0.3, -0.25) is 0 Å². The maximum Gasteiger partial charge on any atom is 0.161 e. The second-order valence-corrected chi connectivity index (χ2v) is 6.51. The van der Waals surface area contributed by atoms with Crippen LogP contribution in [0.4, 0.5) is 0 Å². The molecule has 0 aliphatic heterocycles. The van der Waals surface area contributed by atoms with Gasteiger partial charge in [0, 0.05) is 6.07 Å². The van der Waals surface area contributed by atoms with Gasteiger partial charge in [-0.05, 0) is 61.4 Å². The SMILES string of the molecule is CCOc1ccc(/C=C/c2cc(/C=C/c3ccc(OCC)c(OC)c3)on2)cc1OC. The quantitative estimate of drug-likeness (QED) is 0.410. The van der Waals surface area contributed by atoms with Gasteiger partial charge in [0.1, 0.15) is 5.69 Å². The topological polar surface area (TPSA) is 63.0 Å². The molecule has 1 heterocycles. The Kier molecular flexibility index (Phi) is 7.76. The molecule has 0 atom stereocenters. The fourth-order valence-electron chi connectivity index (χ4n) is 2.95. The zero-order valence-corrected chi connectivity index (χ0v) is 18.3. The summed E-state index contributed by atoms with van der Waals surface area (Å²) >= 11 is 0. The van der Waals surface area contributed by atoms with Gasteiger partial charge in [0.2, 0.25) is 0 Å². The molecule has 162 valence electrons. The van der Waals surface area contributed by atoms with Crippen molar-refractivity contribution in [2.75, 3.05) is 27.4 Å². The van der Waals surface area contributed by atoms with Crippen LogP contribution in [-0.4, -0.2) is 32.6 Å². The van der Waals surface area contributed by atoms with Crippen molar-refractivity contribution in [3.8, 4) is 23.0 Å². The lowest BCUT2D eigenvalue weighted by molar-refractivity contribution is 0.311. The Balaban J connectivity index is 1.69. The molecule has 6 nitrogen and oxygen atoms in total. The highest BCUT2D eigenvalue weighted by atomic mass is 16.5. The number of nitrogens with zero attached hydrogens (tertiary/aromatic N) is 1. The first-order valence-electron chi connectivity index (χ1n) is 10.1. The molecule has 0 N–H and O–H groups in total. The third-order valence-electron chi connectivity index (χ3n) is 4.41. The molecule has 31 heavy (non-hydrogen) atoms. The van der Waals surface area contributed by atoms with Crippen molar-refractivity contribution >= 4 is 24.3 Å². The first-order chi connectivity index (χ1) is 15.2. The molecule has 0 spiro atoms. The number of hydrogen-bond acceptors (Lipinski definition) is 6. The zero-order chi connectivity index (χ0) is 22.1. The van der Waals surface area contributed by atoms with Gasteiger partial charge >= 0.3 is 0 Å². The molecule has 1 aromatic heterocycles. The van der Waals surface area contributed by atoms with E-state index in [0.717, 1.165) is 28.3 Å². The monoisotopic (exact) mass is 421 g/mol. The standard InChI is InChI=1S/C25H27NO5/c1-5-29-22-13-9-18(15-24(22)27-3)7-11-20-17-21(31-26-20)12-8-19-10-14-23(30-6-2)25(16-19)28-4/h7-17H,5-6H2,1-4H3/b11-7+,12-8+. The van der Waals surface area contributed by atoms with Crippen LogP contribution >= 0.6 is 0 Å². The predicted octanol–water partition coefficient (Wildman–Crippen LogP) is 5.83. The third-order valence-corrected chi connectivity index (χ3v) is 4.41. The Hall–Kier alpha value is -3.67. The van der Waals surface area contributed by atoms with Gasteiger partial charge in [-0.15, -0.1) is 0 Å². The minimum absolute atomic E-state index is 0.587. The van der Waals surface area contributed by atoms with E-state index in [0.29, 0.717) is 30.5 Å². The van der Waals surface area contributed by atoms with Crippen LogP contribution in [0.3, 0.4) is 0 Å². The first-order valence-corrected chi connectivity index (χ1v) is 10.1. The van der Waals surface area contributed by atoms with E-state index in [2.05, 4.69) is 5.16 Å². The number of ether oxygens (including phenoxy) is 4. The Morgan fingerprint density at radius 1 is 0.710 bits per heavy atom. The van der Waals surface area contributed by atoms with E-state index in [1.165, 1.54) is 0 Å². The molecule has 2 aromatic carbocycles. The average molecular weight is 421 g/mol. The number of rotatable bonds is 10. The van der Waals surface area contributed by atoms with Gasteiger partial charge in [-0.2, -0.15) is 0 Å². The molecular formula is C25H27NO5. The maximum absolute atomic E-state index is 5.55. The van der Waals surface area contributed by atoms with Crippen LogP contribution in [0.25, 0.3) is 24.3 Å². The van der Waals surface area contributed by atoms with Gasteiger partial charge in [-0.1, -0.05) is 29.4 Å². The molecule has 0 aliphatic rings. The summed E-state index contributed by atoms with van der Waals surface area (Å²) in [5, 5.41) is 4.09. The molecule has 0 radical (unpaired) electrons. The molecule has 0 unspecified atom stereocenters. The van der Waals surface area contributed by atoms with Crippen LogP contribution in [0.2, 0.25) is 0 Å². The Morgan fingerprint density at radius 2 is 1.26 bits per heavy atom. The smallest absolute Gasteiger partial charge is 0.161 e. The van der Waals surface area contributed by atoms with Gasteiger partial charge < -0.3 is 23.5 Å². The van der Waals surface area contributed by atoms with Gasteiger partial charge in [-0.25, -0.2) is 0 Å². The Labute approximate surface area is 182 Å². The van der Waals surface area contributed by atoms with Crippen molar-refractivity contribution in [2.24, 2.45) is 0 Å². The molecule has 0 saturated heterocycles. The number of benzene rings is 2. The number of methoxy groups -OCH3 is 2. The molecule has 0 saturated carbocycles. The lowest BCUT2D eigenvalue weighted by Crippen LogP contribution is -1.95. The first kappa shape index (κ1) is 22.0. The van der Waals surface area contributed by atoms with E-state index >= 15 is 0 Å². The average Bonchev–Trinajstić information content (AvgIpc) is 3.26. The fourth-order valence-corrected chi connectivity index (χ4v) is 2.95. The van der Waals surface area contributed by atoms with Gasteiger partial charge in [0.15, 0.2) is 28.8 Å². The second-order valence-electron chi connectivity index (χ2n) is 6.51. The molecular weight excluding hydrogens is 394 g/mol. The number of hydrogen-bond donors (Lipinski definition) is 0. The van der Waals surface area contributed by atoms with Crippen molar-refractivity contribution in [2.45, 2.75) is 13.8 Å². The predicted molar refractivity (Wildman–Crippen MR) is 123 cm³/mol. The highest BCUT2D eigenvalue weighted by Crippen LogP contribution is 2.30. The van der Waals surface area contributed by atoms with E-state index < -0.39 is 0 Å². The fraction of sp³-hybridized carbons (Fsp3) is 0.240. The van der Waals surface area contributed by atoms with Crippen LogP contribution in [0.1, 0.15) is 36.4 Å². The molecule has 6 heteroatoms. The van der Waals surface area contributed by atoms with E-state index in [9.17, 15) is 0 Å². The summed E-state index contributed by atoms with van der Waals surface area (Å²) in [6, 6.07) is 13.4. The Bertz CT molecular complexity index is 970. The highest BCUT2D eigenvalue weighted by molar-refractivity contribution is 5.72. The van der Waals surface area contributed by atoms with Crippen LogP contribution in [-0.2, 0) is 0 Å². The van der Waals surface area contributed by atoms with E-state index in [1.807, 2.05) is 80.6 Å².